The van der Waals surface area contributed by atoms with Crippen LogP contribution in [0.5, 0.6) is 0 Å². The van der Waals surface area contributed by atoms with Crippen LogP contribution in [0.4, 0.5) is 0 Å². The molecule has 0 spiro atoms. The molecule has 0 radical (unpaired) electrons. The zero-order chi connectivity index (χ0) is 6.85. The van der Waals surface area contributed by atoms with Gasteiger partial charge in [0.25, 0.3) is 0 Å². The first-order chi connectivity index (χ1) is 4.24. The summed E-state index contributed by atoms with van der Waals surface area (Å²) in [6.07, 6.45) is 1.22. The zero-order valence-corrected chi connectivity index (χ0v) is 6.39. The van der Waals surface area contributed by atoms with E-state index in [1.54, 1.807) is 0 Å². The number of rotatable bonds is 1. The average Bonchev–Trinajstić information content (AvgIpc) is 2.10. The van der Waals surface area contributed by atoms with Crippen LogP contribution in [-0.2, 0) is 0 Å². The van der Waals surface area contributed by atoms with E-state index >= 15 is 0 Å². The molecule has 3 heteroatoms. The highest BCUT2D eigenvalue weighted by molar-refractivity contribution is 4.71. The van der Waals surface area contributed by atoms with Gasteiger partial charge in [0, 0.05) is 26.7 Å². The van der Waals surface area contributed by atoms with Crippen LogP contribution in [0.25, 0.3) is 0 Å². The minimum Gasteiger partial charge on any atom is -0.232 e. The summed E-state index contributed by atoms with van der Waals surface area (Å²) in [6.45, 7) is 3.34. The van der Waals surface area contributed by atoms with Crippen LogP contribution in [0.15, 0.2) is 0 Å². The smallest absolute Gasteiger partial charge is 0.0392 e. The molecule has 1 atom stereocenters. The Balaban J connectivity index is 2.38. The number of nitrogens with zero attached hydrogens (tertiary/aromatic N) is 2. The highest BCUT2D eigenvalue weighted by Crippen LogP contribution is 2.05. The van der Waals surface area contributed by atoms with Crippen molar-refractivity contribution in [2.24, 2.45) is 0 Å². The van der Waals surface area contributed by atoms with Crippen molar-refractivity contribution in [3.63, 3.8) is 0 Å². The van der Waals surface area contributed by atoms with Gasteiger partial charge in [0.15, 0.2) is 0 Å². The lowest BCUT2D eigenvalue weighted by atomic mass is 10.2. The maximum atomic E-state index is 3.18. The minimum atomic E-state index is 0.690. The van der Waals surface area contributed by atoms with Crippen molar-refractivity contribution in [3.8, 4) is 0 Å². The molecular formula is C6H15N3. The summed E-state index contributed by atoms with van der Waals surface area (Å²) in [6, 6.07) is 0.690. The molecule has 0 aromatic rings. The monoisotopic (exact) mass is 129 g/mol. The molecule has 0 aromatic heterocycles. The first-order valence-electron chi connectivity index (χ1n) is 3.44. The van der Waals surface area contributed by atoms with Gasteiger partial charge in [-0.25, -0.2) is 10.0 Å². The highest BCUT2D eigenvalue weighted by Gasteiger charge is 2.22. The summed E-state index contributed by atoms with van der Waals surface area (Å²) >= 11 is 0. The lowest BCUT2D eigenvalue weighted by Gasteiger charge is -2.14. The van der Waals surface area contributed by atoms with Crippen molar-refractivity contribution in [3.05, 3.63) is 0 Å². The highest BCUT2D eigenvalue weighted by atomic mass is 15.8. The molecule has 0 amide bonds. The van der Waals surface area contributed by atoms with Crippen molar-refractivity contribution in [2.45, 2.75) is 19.4 Å². The molecule has 54 valence electrons. The Morgan fingerprint density at radius 1 is 1.56 bits per heavy atom. The van der Waals surface area contributed by atoms with Gasteiger partial charge in [0.05, 0.1) is 0 Å². The Morgan fingerprint density at radius 3 is 2.44 bits per heavy atom. The molecule has 1 heterocycles. The first kappa shape index (κ1) is 6.99. The Bertz CT molecular complexity index is 94.3. The zero-order valence-electron chi connectivity index (χ0n) is 6.39. The predicted molar refractivity (Wildman–Crippen MR) is 37.6 cm³/mol. The predicted octanol–water partition coefficient (Wildman–Crippen LogP) is 0.0618. The fourth-order valence-corrected chi connectivity index (χ4v) is 1.23. The van der Waals surface area contributed by atoms with E-state index in [4.69, 9.17) is 0 Å². The summed E-state index contributed by atoms with van der Waals surface area (Å²) in [5.41, 5.74) is 3.18. The van der Waals surface area contributed by atoms with Gasteiger partial charge < -0.3 is 0 Å². The van der Waals surface area contributed by atoms with Crippen LogP contribution in [0.3, 0.4) is 0 Å². The van der Waals surface area contributed by atoms with E-state index in [-0.39, 0.29) is 0 Å². The second kappa shape index (κ2) is 2.64. The lowest BCUT2D eigenvalue weighted by molar-refractivity contribution is 0.153. The van der Waals surface area contributed by atoms with Crippen molar-refractivity contribution < 1.29 is 0 Å². The number of hydrogen-bond donors (Lipinski definition) is 1. The summed E-state index contributed by atoms with van der Waals surface area (Å²) in [4.78, 5) is 0. The Labute approximate surface area is 56.6 Å². The molecule has 1 unspecified atom stereocenters. The molecule has 0 saturated carbocycles. The van der Waals surface area contributed by atoms with Crippen LogP contribution < -0.4 is 5.53 Å². The van der Waals surface area contributed by atoms with Crippen molar-refractivity contribution in [2.75, 3.05) is 20.6 Å². The number of hydrogen-bond acceptors (Lipinski definition) is 3. The minimum absolute atomic E-state index is 0.690. The normalized spacial score (nSPS) is 31.7. The lowest BCUT2D eigenvalue weighted by Crippen LogP contribution is -2.36. The third-order valence-electron chi connectivity index (χ3n) is 1.83. The maximum Gasteiger partial charge on any atom is 0.0392 e. The Morgan fingerprint density at radius 2 is 2.22 bits per heavy atom. The fourth-order valence-electron chi connectivity index (χ4n) is 1.23. The second-order valence-electron chi connectivity index (χ2n) is 2.65. The van der Waals surface area contributed by atoms with Gasteiger partial charge in [-0.1, -0.05) is 6.92 Å². The van der Waals surface area contributed by atoms with Crippen LogP contribution in [-0.4, -0.2) is 36.7 Å². The van der Waals surface area contributed by atoms with Gasteiger partial charge in [-0.05, 0) is 6.42 Å². The molecular weight excluding hydrogens is 114 g/mol. The maximum absolute atomic E-state index is 3.18. The standard InChI is InChI=1S/C6H15N3/c1-4-6-5-8(2)7-9(6)3/h6-7H,4-5H2,1-3H3. The van der Waals surface area contributed by atoms with Gasteiger partial charge in [-0.15, -0.1) is 0 Å². The number of likely N-dealkylation sites (N-methyl/N-ethyl adjacent to an activating group) is 2. The summed E-state index contributed by atoms with van der Waals surface area (Å²) < 4.78 is 0. The SMILES string of the molecule is CCC1CN(C)NN1C. The molecule has 0 aromatic carbocycles. The van der Waals surface area contributed by atoms with E-state index in [0.717, 1.165) is 6.54 Å². The molecule has 1 saturated heterocycles. The fraction of sp³-hybridized carbons (Fsp3) is 1.00. The number of nitrogens with one attached hydrogen (secondary N) is 1. The van der Waals surface area contributed by atoms with Gasteiger partial charge >= 0.3 is 0 Å². The van der Waals surface area contributed by atoms with Crippen molar-refractivity contribution in [1.82, 2.24) is 15.6 Å². The van der Waals surface area contributed by atoms with E-state index in [1.807, 2.05) is 0 Å². The Kier molecular flexibility index (Phi) is 2.05. The molecule has 1 aliphatic heterocycles. The third-order valence-corrected chi connectivity index (χ3v) is 1.83. The van der Waals surface area contributed by atoms with Gasteiger partial charge in [-0.3, -0.25) is 0 Å². The van der Waals surface area contributed by atoms with Crippen molar-refractivity contribution in [1.29, 1.82) is 0 Å². The van der Waals surface area contributed by atoms with E-state index in [1.165, 1.54) is 6.42 Å². The van der Waals surface area contributed by atoms with Crippen LogP contribution in [0.2, 0.25) is 0 Å². The van der Waals surface area contributed by atoms with E-state index in [2.05, 4.69) is 36.6 Å². The molecule has 1 fully saturated rings. The Hall–Kier alpha value is -0.120. The topological polar surface area (TPSA) is 18.5 Å². The van der Waals surface area contributed by atoms with Gasteiger partial charge in [-0.2, -0.15) is 5.53 Å². The first-order valence-corrected chi connectivity index (χ1v) is 3.44. The average molecular weight is 129 g/mol. The second-order valence-corrected chi connectivity index (χ2v) is 2.65. The molecule has 3 nitrogen and oxygen atoms in total. The largest absolute Gasteiger partial charge is 0.232 e. The van der Waals surface area contributed by atoms with Crippen molar-refractivity contribution >= 4 is 0 Å². The molecule has 0 aliphatic carbocycles. The molecule has 9 heavy (non-hydrogen) atoms. The third kappa shape index (κ3) is 1.41. The van der Waals surface area contributed by atoms with E-state index in [9.17, 15) is 0 Å². The molecule has 1 aliphatic rings. The van der Waals surface area contributed by atoms with Gasteiger partial charge in [0.2, 0.25) is 0 Å². The van der Waals surface area contributed by atoms with Crippen LogP contribution >= 0.6 is 0 Å². The summed E-state index contributed by atoms with van der Waals surface area (Å²) in [5, 5.41) is 4.26. The summed E-state index contributed by atoms with van der Waals surface area (Å²) in [7, 11) is 4.14. The van der Waals surface area contributed by atoms with Crippen LogP contribution in [0.1, 0.15) is 13.3 Å². The molecule has 1 rings (SSSR count). The number of hydrazine groups is 2. The molecule has 1 N–H and O–H groups in total. The van der Waals surface area contributed by atoms with E-state index < -0.39 is 0 Å². The molecule has 0 bridgehead atoms. The van der Waals surface area contributed by atoms with Crippen LogP contribution in [0, 0.1) is 0 Å². The quantitative estimate of drug-likeness (QED) is 0.540. The summed E-state index contributed by atoms with van der Waals surface area (Å²) in [5.74, 6) is 0. The van der Waals surface area contributed by atoms with Gasteiger partial charge in [0.1, 0.15) is 0 Å². The van der Waals surface area contributed by atoms with E-state index in [0.29, 0.717) is 6.04 Å².